The van der Waals surface area contributed by atoms with Crippen LogP contribution in [0, 0.1) is 0 Å². The summed E-state index contributed by atoms with van der Waals surface area (Å²) in [6.45, 7) is 0.474. The first-order valence-electron chi connectivity index (χ1n) is 6.44. The van der Waals surface area contributed by atoms with Crippen molar-refractivity contribution < 1.29 is 19.0 Å². The standard InChI is InChI=1S/C14H18FNO3/c15-12-7-6-11(8-13(12)16-14(17)18)19-9-10-4-2-1-3-5-10/h1-5,11-13,16H,6-9H2,(H,17,18)/t11-,12+,13+/m1/s1. The van der Waals surface area contributed by atoms with Crippen molar-refractivity contribution in [3.63, 3.8) is 0 Å². The average Bonchev–Trinajstić information content (AvgIpc) is 2.40. The second-order valence-corrected chi connectivity index (χ2v) is 4.80. The Labute approximate surface area is 111 Å². The van der Waals surface area contributed by atoms with E-state index in [0.29, 0.717) is 25.9 Å². The van der Waals surface area contributed by atoms with E-state index < -0.39 is 18.3 Å². The quantitative estimate of drug-likeness (QED) is 0.881. The van der Waals surface area contributed by atoms with Crippen LogP contribution in [0.25, 0.3) is 0 Å². The third-order valence-electron chi connectivity index (χ3n) is 3.36. The van der Waals surface area contributed by atoms with E-state index in [1.54, 1.807) is 0 Å². The van der Waals surface area contributed by atoms with Crippen LogP contribution in [0.4, 0.5) is 9.18 Å². The molecule has 4 nitrogen and oxygen atoms in total. The first-order chi connectivity index (χ1) is 9.15. The smallest absolute Gasteiger partial charge is 0.404 e. The van der Waals surface area contributed by atoms with E-state index in [1.165, 1.54) is 0 Å². The van der Waals surface area contributed by atoms with Gasteiger partial charge in [-0.25, -0.2) is 9.18 Å². The molecule has 2 N–H and O–H groups in total. The van der Waals surface area contributed by atoms with Gasteiger partial charge in [-0.15, -0.1) is 0 Å². The van der Waals surface area contributed by atoms with Crippen LogP contribution in [0.3, 0.4) is 0 Å². The molecule has 5 heteroatoms. The highest BCUT2D eigenvalue weighted by Crippen LogP contribution is 2.25. The van der Waals surface area contributed by atoms with Crippen LogP contribution in [0.5, 0.6) is 0 Å². The predicted octanol–water partition coefficient (Wildman–Crippen LogP) is 2.73. The highest BCUT2D eigenvalue weighted by atomic mass is 19.1. The van der Waals surface area contributed by atoms with Crippen molar-refractivity contribution in [2.75, 3.05) is 0 Å². The molecule has 0 radical (unpaired) electrons. The van der Waals surface area contributed by atoms with E-state index in [1.807, 2.05) is 30.3 Å². The van der Waals surface area contributed by atoms with Crippen molar-refractivity contribution in [2.45, 2.75) is 44.2 Å². The molecule has 1 fully saturated rings. The fourth-order valence-electron chi connectivity index (χ4n) is 2.34. The highest BCUT2D eigenvalue weighted by molar-refractivity contribution is 5.64. The Hall–Kier alpha value is -1.62. The number of alkyl halides is 1. The summed E-state index contributed by atoms with van der Waals surface area (Å²) in [4.78, 5) is 10.6. The van der Waals surface area contributed by atoms with E-state index in [9.17, 15) is 9.18 Å². The molecule has 1 amide bonds. The molecular formula is C14H18FNO3. The molecule has 0 spiro atoms. The number of benzene rings is 1. The third-order valence-corrected chi connectivity index (χ3v) is 3.36. The minimum absolute atomic E-state index is 0.0935. The summed E-state index contributed by atoms with van der Waals surface area (Å²) in [5.74, 6) is 0. The fraction of sp³-hybridized carbons (Fsp3) is 0.500. The summed E-state index contributed by atoms with van der Waals surface area (Å²) in [5, 5.41) is 10.9. The van der Waals surface area contributed by atoms with Crippen molar-refractivity contribution in [1.29, 1.82) is 0 Å². The number of nitrogens with one attached hydrogen (secondary N) is 1. The summed E-state index contributed by atoms with van der Waals surface area (Å²) in [6.07, 6.45) is -1.04. The summed E-state index contributed by atoms with van der Waals surface area (Å²) < 4.78 is 19.3. The number of ether oxygens (including phenoxy) is 1. The topological polar surface area (TPSA) is 58.6 Å². The number of carboxylic acid groups (broad SMARTS) is 1. The molecule has 2 rings (SSSR count). The maximum absolute atomic E-state index is 13.6. The van der Waals surface area contributed by atoms with Crippen molar-refractivity contribution in [2.24, 2.45) is 0 Å². The minimum atomic E-state index is -1.18. The zero-order chi connectivity index (χ0) is 13.7. The van der Waals surface area contributed by atoms with Crippen molar-refractivity contribution in [3.05, 3.63) is 35.9 Å². The van der Waals surface area contributed by atoms with Gasteiger partial charge in [-0.2, -0.15) is 0 Å². The normalized spacial score (nSPS) is 26.9. The maximum Gasteiger partial charge on any atom is 0.404 e. The molecule has 0 saturated heterocycles. The second-order valence-electron chi connectivity index (χ2n) is 4.80. The molecule has 104 valence electrons. The summed E-state index contributed by atoms with van der Waals surface area (Å²) in [6, 6.07) is 9.08. The molecular weight excluding hydrogens is 249 g/mol. The molecule has 0 heterocycles. The summed E-state index contributed by atoms with van der Waals surface area (Å²) in [7, 11) is 0. The van der Waals surface area contributed by atoms with Crippen LogP contribution < -0.4 is 5.32 Å². The van der Waals surface area contributed by atoms with Crippen LogP contribution in [0.15, 0.2) is 30.3 Å². The van der Waals surface area contributed by atoms with Gasteiger partial charge in [0.1, 0.15) is 6.17 Å². The van der Waals surface area contributed by atoms with Gasteiger partial charge in [0.25, 0.3) is 0 Å². The fourth-order valence-corrected chi connectivity index (χ4v) is 2.34. The van der Waals surface area contributed by atoms with Crippen molar-refractivity contribution in [3.8, 4) is 0 Å². The van der Waals surface area contributed by atoms with Crippen molar-refractivity contribution >= 4 is 6.09 Å². The molecule has 1 aliphatic carbocycles. The Morgan fingerprint density at radius 2 is 2.11 bits per heavy atom. The number of halogens is 1. The first kappa shape index (κ1) is 13.8. The molecule has 1 aliphatic rings. The van der Waals surface area contributed by atoms with E-state index in [2.05, 4.69) is 5.32 Å². The van der Waals surface area contributed by atoms with Gasteiger partial charge in [0.05, 0.1) is 18.8 Å². The van der Waals surface area contributed by atoms with Gasteiger partial charge in [0, 0.05) is 0 Å². The number of hydrogen-bond donors (Lipinski definition) is 2. The summed E-state index contributed by atoms with van der Waals surface area (Å²) >= 11 is 0. The lowest BCUT2D eigenvalue weighted by Crippen LogP contribution is -2.46. The molecule has 0 aliphatic heterocycles. The Morgan fingerprint density at radius 1 is 1.37 bits per heavy atom. The molecule has 1 saturated carbocycles. The minimum Gasteiger partial charge on any atom is -0.465 e. The number of amides is 1. The largest absolute Gasteiger partial charge is 0.465 e. The summed E-state index contributed by atoms with van der Waals surface area (Å²) in [5.41, 5.74) is 1.06. The molecule has 0 bridgehead atoms. The molecule has 3 atom stereocenters. The van der Waals surface area contributed by atoms with Gasteiger partial charge in [-0.1, -0.05) is 30.3 Å². The van der Waals surface area contributed by atoms with Gasteiger partial charge < -0.3 is 15.2 Å². The van der Waals surface area contributed by atoms with E-state index >= 15 is 0 Å². The van der Waals surface area contributed by atoms with Crippen molar-refractivity contribution in [1.82, 2.24) is 5.32 Å². The lowest BCUT2D eigenvalue weighted by molar-refractivity contribution is -0.00906. The average molecular weight is 267 g/mol. The monoisotopic (exact) mass is 267 g/mol. The van der Waals surface area contributed by atoms with Gasteiger partial charge >= 0.3 is 6.09 Å². The molecule has 0 aromatic heterocycles. The maximum atomic E-state index is 13.6. The van der Waals surface area contributed by atoms with E-state index in [4.69, 9.17) is 9.84 Å². The van der Waals surface area contributed by atoms with E-state index in [-0.39, 0.29) is 6.10 Å². The van der Waals surface area contributed by atoms with Crippen LogP contribution in [0.2, 0.25) is 0 Å². The second kappa shape index (κ2) is 6.52. The lowest BCUT2D eigenvalue weighted by Gasteiger charge is -2.31. The van der Waals surface area contributed by atoms with Gasteiger partial charge in [0.2, 0.25) is 0 Å². The van der Waals surface area contributed by atoms with E-state index in [0.717, 1.165) is 5.56 Å². The zero-order valence-electron chi connectivity index (χ0n) is 10.6. The number of carbonyl (C=O) groups is 1. The third kappa shape index (κ3) is 4.21. The predicted molar refractivity (Wildman–Crippen MR) is 68.7 cm³/mol. The SMILES string of the molecule is O=C(O)N[C@H]1C[C@H](OCc2ccccc2)CC[C@@H]1F. The van der Waals surface area contributed by atoms with Crippen LogP contribution in [-0.4, -0.2) is 29.5 Å². The number of hydrogen-bond acceptors (Lipinski definition) is 2. The molecule has 19 heavy (non-hydrogen) atoms. The zero-order valence-corrected chi connectivity index (χ0v) is 10.6. The van der Waals surface area contributed by atoms with Crippen LogP contribution >= 0.6 is 0 Å². The molecule has 0 unspecified atom stereocenters. The van der Waals surface area contributed by atoms with Gasteiger partial charge in [-0.05, 0) is 24.8 Å². The van der Waals surface area contributed by atoms with Gasteiger partial charge in [-0.3, -0.25) is 0 Å². The number of rotatable bonds is 4. The Bertz CT molecular complexity index is 412. The Balaban J connectivity index is 1.83. The van der Waals surface area contributed by atoms with Crippen LogP contribution in [0.1, 0.15) is 24.8 Å². The highest BCUT2D eigenvalue weighted by Gasteiger charge is 2.32. The Kier molecular flexibility index (Phi) is 4.74. The Morgan fingerprint density at radius 3 is 2.79 bits per heavy atom. The van der Waals surface area contributed by atoms with Gasteiger partial charge in [0.15, 0.2) is 0 Å². The molecule has 1 aromatic carbocycles. The first-order valence-corrected chi connectivity index (χ1v) is 6.44. The molecule has 1 aromatic rings. The van der Waals surface area contributed by atoms with Crippen LogP contribution in [-0.2, 0) is 11.3 Å². The lowest BCUT2D eigenvalue weighted by atomic mass is 9.91.